The van der Waals surface area contributed by atoms with Crippen LogP contribution >= 0.6 is 12.4 Å². The maximum Gasteiger partial charge on any atom is 0.223 e. The van der Waals surface area contributed by atoms with Gasteiger partial charge in [-0.15, -0.1) is 12.4 Å². The van der Waals surface area contributed by atoms with Crippen molar-refractivity contribution in [2.45, 2.75) is 64.0 Å². The Hall–Kier alpha value is -1.26. The van der Waals surface area contributed by atoms with Crippen LogP contribution in [0.1, 0.15) is 56.1 Å². The second-order valence-corrected chi connectivity index (χ2v) is 8.02. The average molecular weight is 378 g/mol. The Morgan fingerprint density at radius 3 is 2.65 bits per heavy atom. The number of halogens is 1. The highest BCUT2D eigenvalue weighted by atomic mass is 35.5. The molecule has 3 aliphatic rings. The maximum absolute atomic E-state index is 12.5. The predicted octanol–water partition coefficient (Wildman–Crippen LogP) is 3.74. The molecule has 0 radical (unpaired) electrons. The molecule has 4 nitrogen and oxygen atoms in total. The fourth-order valence-electron chi connectivity index (χ4n) is 4.70. The summed E-state index contributed by atoms with van der Waals surface area (Å²) in [4.78, 5) is 15.1. The van der Waals surface area contributed by atoms with Gasteiger partial charge in [-0.1, -0.05) is 37.5 Å². The Morgan fingerprint density at radius 1 is 1.12 bits per heavy atom. The van der Waals surface area contributed by atoms with Crippen molar-refractivity contribution < 1.29 is 4.79 Å². The number of rotatable bonds is 4. The Balaban J connectivity index is 0.00000196. The van der Waals surface area contributed by atoms with Crippen LogP contribution in [0.2, 0.25) is 0 Å². The summed E-state index contributed by atoms with van der Waals surface area (Å²) < 4.78 is 0. The fraction of sp³-hybridized carbons (Fsp3) is 0.667. The van der Waals surface area contributed by atoms with Crippen LogP contribution in [0, 0.1) is 5.92 Å². The van der Waals surface area contributed by atoms with Crippen molar-refractivity contribution >= 4 is 24.0 Å². The number of para-hydroxylation sites is 1. The van der Waals surface area contributed by atoms with Gasteiger partial charge in [0, 0.05) is 30.7 Å². The predicted molar refractivity (Wildman–Crippen MR) is 109 cm³/mol. The first kappa shape index (κ1) is 19.5. The zero-order valence-corrected chi connectivity index (χ0v) is 16.5. The van der Waals surface area contributed by atoms with Gasteiger partial charge in [-0.3, -0.25) is 9.69 Å². The summed E-state index contributed by atoms with van der Waals surface area (Å²) in [5, 5.41) is 6.86. The first-order valence-electron chi connectivity index (χ1n) is 10.2. The summed E-state index contributed by atoms with van der Waals surface area (Å²) in [6.07, 6.45) is 9.39. The number of carbonyl (C=O) groups excluding carboxylic acids is 1. The molecule has 1 aromatic rings. The number of hydrogen-bond donors (Lipinski definition) is 2. The Bertz CT molecular complexity index is 607. The minimum Gasteiger partial charge on any atom is -0.384 e. The highest BCUT2D eigenvalue weighted by Crippen LogP contribution is 2.29. The minimum atomic E-state index is 0. The van der Waals surface area contributed by atoms with E-state index in [1.54, 1.807) is 0 Å². The van der Waals surface area contributed by atoms with Crippen LogP contribution in [0.15, 0.2) is 18.2 Å². The number of carbonyl (C=O) groups is 1. The minimum absolute atomic E-state index is 0. The third kappa shape index (κ3) is 4.52. The number of hydrogen-bond acceptors (Lipinski definition) is 3. The van der Waals surface area contributed by atoms with Crippen LogP contribution in [0.5, 0.6) is 0 Å². The van der Waals surface area contributed by atoms with E-state index in [9.17, 15) is 4.79 Å². The van der Waals surface area contributed by atoms with Crippen molar-refractivity contribution in [1.82, 2.24) is 10.2 Å². The van der Waals surface area contributed by atoms with E-state index in [-0.39, 0.29) is 18.3 Å². The number of amides is 1. The van der Waals surface area contributed by atoms with Crippen LogP contribution in [-0.4, -0.2) is 36.5 Å². The van der Waals surface area contributed by atoms with E-state index in [1.807, 2.05) is 0 Å². The summed E-state index contributed by atoms with van der Waals surface area (Å²) in [5.74, 6) is 0.534. The molecular weight excluding hydrogens is 346 g/mol. The number of nitrogens with one attached hydrogen (secondary N) is 2. The van der Waals surface area contributed by atoms with E-state index in [0.29, 0.717) is 11.9 Å². The van der Waals surface area contributed by atoms with E-state index in [0.717, 1.165) is 45.4 Å². The van der Waals surface area contributed by atoms with Crippen LogP contribution < -0.4 is 10.6 Å². The Morgan fingerprint density at radius 2 is 1.88 bits per heavy atom. The van der Waals surface area contributed by atoms with Crippen molar-refractivity contribution in [1.29, 1.82) is 0 Å². The highest BCUT2D eigenvalue weighted by molar-refractivity contribution is 5.85. The SMILES string of the molecule is Cl.O=C(NC1CCCCC1)C1CCN(Cc2cccc3c2NCC3)CC1. The van der Waals surface area contributed by atoms with Crippen LogP contribution in [0.25, 0.3) is 0 Å². The smallest absolute Gasteiger partial charge is 0.223 e. The molecule has 1 amide bonds. The van der Waals surface area contributed by atoms with Gasteiger partial charge in [0.2, 0.25) is 5.91 Å². The number of benzene rings is 1. The second kappa shape index (κ2) is 9.09. The molecule has 2 heterocycles. The van der Waals surface area contributed by atoms with Gasteiger partial charge in [0.05, 0.1) is 0 Å². The molecular formula is C21H32ClN3O. The summed E-state index contributed by atoms with van der Waals surface area (Å²) in [7, 11) is 0. The molecule has 1 saturated heterocycles. The van der Waals surface area contributed by atoms with Gasteiger partial charge in [-0.2, -0.15) is 0 Å². The first-order valence-corrected chi connectivity index (χ1v) is 10.2. The molecule has 1 saturated carbocycles. The number of likely N-dealkylation sites (tertiary alicyclic amines) is 1. The van der Waals surface area contributed by atoms with Gasteiger partial charge in [0.15, 0.2) is 0 Å². The molecule has 0 bridgehead atoms. The molecule has 1 aliphatic carbocycles. The van der Waals surface area contributed by atoms with Gasteiger partial charge in [-0.05, 0) is 56.3 Å². The lowest BCUT2D eigenvalue weighted by atomic mass is 9.92. The molecule has 2 fully saturated rings. The largest absolute Gasteiger partial charge is 0.384 e. The van der Waals surface area contributed by atoms with Gasteiger partial charge >= 0.3 is 0 Å². The monoisotopic (exact) mass is 377 g/mol. The third-order valence-electron chi connectivity index (χ3n) is 6.24. The van der Waals surface area contributed by atoms with Crippen molar-refractivity contribution in [2.75, 3.05) is 25.0 Å². The van der Waals surface area contributed by atoms with E-state index >= 15 is 0 Å². The van der Waals surface area contributed by atoms with Gasteiger partial charge in [0.25, 0.3) is 0 Å². The molecule has 2 N–H and O–H groups in total. The molecule has 0 unspecified atom stereocenters. The summed E-state index contributed by atoms with van der Waals surface area (Å²) in [5.41, 5.74) is 4.24. The molecule has 0 aromatic heterocycles. The fourth-order valence-corrected chi connectivity index (χ4v) is 4.70. The van der Waals surface area contributed by atoms with Gasteiger partial charge in [0.1, 0.15) is 0 Å². The number of anilines is 1. The van der Waals surface area contributed by atoms with Gasteiger partial charge in [-0.25, -0.2) is 0 Å². The van der Waals surface area contributed by atoms with E-state index in [1.165, 1.54) is 48.9 Å². The lowest BCUT2D eigenvalue weighted by Crippen LogP contribution is -2.44. The van der Waals surface area contributed by atoms with E-state index in [4.69, 9.17) is 0 Å². The van der Waals surface area contributed by atoms with Crippen molar-refractivity contribution in [3.63, 3.8) is 0 Å². The molecule has 0 spiro atoms. The lowest BCUT2D eigenvalue weighted by Gasteiger charge is -2.33. The highest BCUT2D eigenvalue weighted by Gasteiger charge is 2.27. The molecule has 2 aliphatic heterocycles. The average Bonchev–Trinajstić information content (AvgIpc) is 3.13. The van der Waals surface area contributed by atoms with Crippen LogP contribution in [0.3, 0.4) is 0 Å². The third-order valence-corrected chi connectivity index (χ3v) is 6.24. The molecule has 4 rings (SSSR count). The molecule has 0 atom stereocenters. The zero-order chi connectivity index (χ0) is 17.1. The normalized spacial score (nSPS) is 21.5. The van der Waals surface area contributed by atoms with Crippen LogP contribution in [-0.2, 0) is 17.8 Å². The zero-order valence-electron chi connectivity index (χ0n) is 15.6. The second-order valence-electron chi connectivity index (χ2n) is 8.02. The van der Waals surface area contributed by atoms with Gasteiger partial charge < -0.3 is 10.6 Å². The number of nitrogens with zero attached hydrogens (tertiary/aromatic N) is 1. The number of piperidine rings is 1. The van der Waals surface area contributed by atoms with Crippen molar-refractivity contribution in [2.24, 2.45) is 5.92 Å². The molecule has 1 aromatic carbocycles. The first-order chi connectivity index (χ1) is 12.3. The maximum atomic E-state index is 12.5. The molecule has 5 heteroatoms. The number of fused-ring (bicyclic) bond motifs is 1. The van der Waals surface area contributed by atoms with Crippen LogP contribution in [0.4, 0.5) is 5.69 Å². The molecule has 144 valence electrons. The Kier molecular flexibility index (Phi) is 6.82. The van der Waals surface area contributed by atoms with E-state index < -0.39 is 0 Å². The van der Waals surface area contributed by atoms with E-state index in [2.05, 4.69) is 33.7 Å². The quantitative estimate of drug-likeness (QED) is 0.840. The molecule has 26 heavy (non-hydrogen) atoms. The summed E-state index contributed by atoms with van der Waals surface area (Å²) in [6, 6.07) is 7.11. The standard InChI is InChI=1S/C21H31N3O.ClH/c25-21(23-19-7-2-1-3-8-19)17-10-13-24(14-11-17)15-18-6-4-5-16-9-12-22-20(16)18;/h4-6,17,19,22H,1-3,7-15H2,(H,23,25);1H. The van der Waals surface area contributed by atoms with Crippen molar-refractivity contribution in [3.05, 3.63) is 29.3 Å². The topological polar surface area (TPSA) is 44.4 Å². The summed E-state index contributed by atoms with van der Waals surface area (Å²) >= 11 is 0. The van der Waals surface area contributed by atoms with Crippen molar-refractivity contribution in [3.8, 4) is 0 Å². The summed E-state index contributed by atoms with van der Waals surface area (Å²) in [6.45, 7) is 4.14. The Labute approximate surface area is 163 Å². The lowest BCUT2D eigenvalue weighted by molar-refractivity contribution is -0.127.